The standard InChI is InChI=1S/C17H14FN3O3/c18-13-7-5-12(6-8-13)9-19-24-11-17(23)21-10-16(22)20-14-3-1-2-4-15(14)21/h1-9H,10-11H2,(H,20,22)/b19-9-. The summed E-state index contributed by atoms with van der Waals surface area (Å²) in [5, 5.41) is 6.39. The highest BCUT2D eigenvalue weighted by Gasteiger charge is 2.26. The van der Waals surface area contributed by atoms with E-state index in [1.165, 1.54) is 35.4 Å². The van der Waals surface area contributed by atoms with E-state index in [0.29, 0.717) is 16.9 Å². The molecule has 1 heterocycles. The summed E-state index contributed by atoms with van der Waals surface area (Å²) in [4.78, 5) is 30.3. The van der Waals surface area contributed by atoms with Crippen LogP contribution in [0.1, 0.15) is 5.56 Å². The molecule has 2 aromatic carbocycles. The lowest BCUT2D eigenvalue weighted by Crippen LogP contribution is -2.43. The molecule has 0 radical (unpaired) electrons. The Labute approximate surface area is 137 Å². The van der Waals surface area contributed by atoms with Crippen LogP contribution < -0.4 is 10.2 Å². The maximum absolute atomic E-state index is 12.8. The molecule has 0 bridgehead atoms. The van der Waals surface area contributed by atoms with Gasteiger partial charge in [-0.15, -0.1) is 0 Å². The summed E-state index contributed by atoms with van der Waals surface area (Å²) < 4.78 is 12.8. The van der Waals surface area contributed by atoms with Gasteiger partial charge < -0.3 is 10.2 Å². The number of para-hydroxylation sites is 2. The molecule has 2 amide bonds. The molecule has 0 spiro atoms. The number of carbonyl (C=O) groups is 2. The van der Waals surface area contributed by atoms with Gasteiger partial charge in [0.25, 0.3) is 5.91 Å². The van der Waals surface area contributed by atoms with E-state index in [2.05, 4.69) is 10.5 Å². The Bertz CT molecular complexity index is 790. The van der Waals surface area contributed by atoms with Crippen LogP contribution in [0.5, 0.6) is 0 Å². The van der Waals surface area contributed by atoms with E-state index in [9.17, 15) is 14.0 Å². The number of fused-ring (bicyclic) bond motifs is 1. The van der Waals surface area contributed by atoms with E-state index >= 15 is 0 Å². The Kier molecular flexibility index (Phi) is 4.51. The number of benzene rings is 2. The Balaban J connectivity index is 1.61. The number of amides is 2. The van der Waals surface area contributed by atoms with Crippen molar-refractivity contribution in [2.45, 2.75) is 0 Å². The van der Waals surface area contributed by atoms with Crippen LogP contribution in [-0.2, 0) is 14.4 Å². The molecule has 122 valence electrons. The van der Waals surface area contributed by atoms with E-state index in [-0.39, 0.29) is 30.8 Å². The minimum absolute atomic E-state index is 0.0686. The molecule has 2 aromatic rings. The Morgan fingerprint density at radius 3 is 2.79 bits per heavy atom. The van der Waals surface area contributed by atoms with E-state index < -0.39 is 0 Å². The first-order valence-electron chi connectivity index (χ1n) is 7.23. The second-order valence-electron chi connectivity index (χ2n) is 5.10. The van der Waals surface area contributed by atoms with Crippen LogP contribution in [0, 0.1) is 5.82 Å². The van der Waals surface area contributed by atoms with Gasteiger partial charge in [0, 0.05) is 0 Å². The minimum atomic E-state index is -0.381. The number of rotatable bonds is 4. The summed E-state index contributed by atoms with van der Waals surface area (Å²) in [7, 11) is 0. The largest absolute Gasteiger partial charge is 0.386 e. The summed E-state index contributed by atoms with van der Waals surface area (Å²) in [6.45, 7) is -0.375. The predicted octanol–water partition coefficient (Wildman–Crippen LogP) is 2.16. The van der Waals surface area contributed by atoms with Crippen molar-refractivity contribution in [3.05, 3.63) is 59.9 Å². The molecule has 1 aliphatic rings. The topological polar surface area (TPSA) is 71.0 Å². The molecule has 0 aromatic heterocycles. The van der Waals surface area contributed by atoms with E-state index in [0.717, 1.165) is 0 Å². The third kappa shape index (κ3) is 3.57. The zero-order valence-electron chi connectivity index (χ0n) is 12.6. The second kappa shape index (κ2) is 6.91. The average molecular weight is 327 g/mol. The maximum Gasteiger partial charge on any atom is 0.268 e. The maximum atomic E-state index is 12.8. The lowest BCUT2D eigenvalue weighted by Gasteiger charge is -2.28. The van der Waals surface area contributed by atoms with Gasteiger partial charge in [0.1, 0.15) is 12.4 Å². The van der Waals surface area contributed by atoms with Gasteiger partial charge in [-0.05, 0) is 29.8 Å². The first-order valence-corrected chi connectivity index (χ1v) is 7.23. The fraction of sp³-hybridized carbons (Fsp3) is 0.118. The molecule has 0 unspecified atom stereocenters. The van der Waals surface area contributed by atoms with Gasteiger partial charge in [0.15, 0.2) is 6.61 Å². The van der Waals surface area contributed by atoms with Crippen molar-refractivity contribution in [1.29, 1.82) is 0 Å². The van der Waals surface area contributed by atoms with Gasteiger partial charge in [-0.3, -0.25) is 14.5 Å². The van der Waals surface area contributed by atoms with Crippen molar-refractivity contribution >= 4 is 29.4 Å². The van der Waals surface area contributed by atoms with Gasteiger partial charge >= 0.3 is 0 Å². The fourth-order valence-corrected chi connectivity index (χ4v) is 2.27. The number of anilines is 2. The van der Waals surface area contributed by atoms with Crippen LogP contribution in [-0.4, -0.2) is 31.2 Å². The summed E-state index contributed by atoms with van der Waals surface area (Å²) in [5.74, 6) is -0.990. The van der Waals surface area contributed by atoms with Gasteiger partial charge in [-0.1, -0.05) is 29.4 Å². The first-order chi connectivity index (χ1) is 11.6. The number of nitrogens with zero attached hydrogens (tertiary/aromatic N) is 2. The monoisotopic (exact) mass is 327 g/mol. The summed E-state index contributed by atoms with van der Waals surface area (Å²) in [5.41, 5.74) is 1.84. The van der Waals surface area contributed by atoms with Gasteiger partial charge in [0.2, 0.25) is 5.91 Å². The Hall–Kier alpha value is -3.22. The predicted molar refractivity (Wildman–Crippen MR) is 87.4 cm³/mol. The normalized spacial score (nSPS) is 13.5. The number of nitrogens with one attached hydrogen (secondary N) is 1. The summed E-state index contributed by atoms with van der Waals surface area (Å²) in [6.07, 6.45) is 1.38. The van der Waals surface area contributed by atoms with E-state index in [1.807, 2.05) is 0 Å². The zero-order chi connectivity index (χ0) is 16.9. The summed E-state index contributed by atoms with van der Waals surface area (Å²) >= 11 is 0. The van der Waals surface area contributed by atoms with E-state index in [1.54, 1.807) is 24.3 Å². The Morgan fingerprint density at radius 1 is 1.25 bits per heavy atom. The fourth-order valence-electron chi connectivity index (χ4n) is 2.27. The minimum Gasteiger partial charge on any atom is -0.386 e. The van der Waals surface area contributed by atoms with Crippen molar-refractivity contribution in [2.75, 3.05) is 23.4 Å². The van der Waals surface area contributed by atoms with Crippen LogP contribution in [0.25, 0.3) is 0 Å². The highest BCUT2D eigenvalue weighted by atomic mass is 19.1. The smallest absolute Gasteiger partial charge is 0.268 e. The molecule has 24 heavy (non-hydrogen) atoms. The molecule has 1 N–H and O–H groups in total. The third-order valence-electron chi connectivity index (χ3n) is 3.41. The summed E-state index contributed by atoms with van der Waals surface area (Å²) in [6, 6.07) is 12.7. The molecule has 1 aliphatic heterocycles. The van der Waals surface area contributed by atoms with Gasteiger partial charge in [0.05, 0.1) is 17.6 Å². The highest BCUT2D eigenvalue weighted by Crippen LogP contribution is 2.28. The second-order valence-corrected chi connectivity index (χ2v) is 5.10. The molecule has 0 saturated carbocycles. The molecule has 0 fully saturated rings. The number of hydrogen-bond donors (Lipinski definition) is 1. The van der Waals surface area contributed by atoms with Gasteiger partial charge in [-0.25, -0.2) is 4.39 Å². The zero-order valence-corrected chi connectivity index (χ0v) is 12.6. The van der Waals surface area contributed by atoms with Crippen molar-refractivity contribution in [3.63, 3.8) is 0 Å². The molecular weight excluding hydrogens is 313 g/mol. The average Bonchev–Trinajstić information content (AvgIpc) is 2.59. The quantitative estimate of drug-likeness (QED) is 0.691. The molecule has 0 atom stereocenters. The Morgan fingerprint density at radius 2 is 2.00 bits per heavy atom. The number of oxime groups is 1. The molecular formula is C17H14FN3O3. The lowest BCUT2D eigenvalue weighted by atomic mass is 10.2. The molecule has 3 rings (SSSR count). The molecule has 0 saturated heterocycles. The van der Waals surface area contributed by atoms with Crippen LogP contribution >= 0.6 is 0 Å². The van der Waals surface area contributed by atoms with Gasteiger partial charge in [-0.2, -0.15) is 0 Å². The first kappa shape index (κ1) is 15.7. The van der Waals surface area contributed by atoms with Crippen molar-refractivity contribution in [1.82, 2.24) is 0 Å². The molecule has 0 aliphatic carbocycles. The number of halogens is 1. The highest BCUT2D eigenvalue weighted by molar-refractivity contribution is 6.10. The molecule has 6 nitrogen and oxygen atoms in total. The lowest BCUT2D eigenvalue weighted by molar-refractivity contribution is -0.125. The van der Waals surface area contributed by atoms with Crippen molar-refractivity contribution in [3.8, 4) is 0 Å². The van der Waals surface area contributed by atoms with Crippen LogP contribution in [0.3, 0.4) is 0 Å². The SMILES string of the molecule is O=C1CN(C(=O)CO/N=C\c2ccc(F)cc2)c2ccccc2N1. The van der Waals surface area contributed by atoms with Crippen molar-refractivity contribution < 1.29 is 18.8 Å². The van der Waals surface area contributed by atoms with Crippen molar-refractivity contribution in [2.24, 2.45) is 5.16 Å². The number of carbonyl (C=O) groups excluding carboxylic acids is 2. The van der Waals surface area contributed by atoms with Crippen LogP contribution in [0.4, 0.5) is 15.8 Å². The van der Waals surface area contributed by atoms with Crippen LogP contribution in [0.2, 0.25) is 0 Å². The molecule has 7 heteroatoms. The van der Waals surface area contributed by atoms with Crippen LogP contribution in [0.15, 0.2) is 53.7 Å². The third-order valence-corrected chi connectivity index (χ3v) is 3.41. The van der Waals surface area contributed by atoms with E-state index in [4.69, 9.17) is 4.84 Å². The number of hydrogen-bond acceptors (Lipinski definition) is 4.